The molecule has 228 valence electrons. The van der Waals surface area contributed by atoms with E-state index in [0.717, 1.165) is 36.6 Å². The van der Waals surface area contributed by atoms with E-state index in [1.165, 1.54) is 12.1 Å². The number of hydrogen-bond donors (Lipinski definition) is 2. The molecule has 0 unspecified atom stereocenters. The summed E-state index contributed by atoms with van der Waals surface area (Å²) >= 11 is 12.7. The van der Waals surface area contributed by atoms with E-state index in [0.29, 0.717) is 52.2 Å². The molecule has 1 aliphatic heterocycles. The number of aromatic nitrogens is 3. The average molecular weight is 639 g/mol. The van der Waals surface area contributed by atoms with Gasteiger partial charge in [0.1, 0.15) is 40.5 Å². The monoisotopic (exact) mass is 637 g/mol. The molecule has 0 spiro atoms. The second-order valence-corrected chi connectivity index (χ2v) is 12.8. The van der Waals surface area contributed by atoms with Gasteiger partial charge < -0.3 is 20.5 Å². The molecule has 9 nitrogen and oxygen atoms in total. The third-order valence-corrected chi connectivity index (χ3v) is 9.83. The topological polar surface area (TPSA) is 121 Å². The van der Waals surface area contributed by atoms with Gasteiger partial charge in [-0.25, -0.2) is 9.37 Å². The van der Waals surface area contributed by atoms with E-state index in [1.54, 1.807) is 20.1 Å². The number of carbonyl (C=O) groups excluding carboxylic acids is 2. The Kier molecular flexibility index (Phi) is 6.97. The van der Waals surface area contributed by atoms with E-state index in [4.69, 9.17) is 43.4 Å². The maximum absolute atomic E-state index is 14.2. The highest BCUT2D eigenvalue weighted by atomic mass is 35.5. The molecule has 3 aliphatic rings. The van der Waals surface area contributed by atoms with E-state index in [9.17, 15) is 14.0 Å². The second kappa shape index (κ2) is 10.6. The molecule has 3 heterocycles. The summed E-state index contributed by atoms with van der Waals surface area (Å²) in [5.74, 6) is -0.495. The minimum atomic E-state index is -1.12. The summed E-state index contributed by atoms with van der Waals surface area (Å²) in [5.41, 5.74) is 7.84. The molecule has 2 aliphatic carbocycles. The summed E-state index contributed by atoms with van der Waals surface area (Å²) in [6, 6.07) is 8.47. The summed E-state index contributed by atoms with van der Waals surface area (Å²) < 4.78 is 27.7. The Balaban J connectivity index is 1.24. The average Bonchev–Trinajstić information content (AvgIpc) is 3.95. The fraction of sp³-hybridized carbons (Fsp3) is 0.375. The van der Waals surface area contributed by atoms with Crippen molar-refractivity contribution >= 4 is 45.9 Å². The van der Waals surface area contributed by atoms with Gasteiger partial charge in [0.15, 0.2) is 0 Å². The van der Waals surface area contributed by atoms with Crippen LogP contribution in [0.3, 0.4) is 0 Å². The third-order valence-electron chi connectivity index (χ3n) is 8.97. The maximum atomic E-state index is 14.2. The van der Waals surface area contributed by atoms with Crippen LogP contribution < -0.4 is 20.5 Å². The first-order valence-corrected chi connectivity index (χ1v) is 15.3. The first-order valence-electron chi connectivity index (χ1n) is 14.6. The number of amides is 2. The number of ether oxygens (including phenoxy) is 2. The lowest BCUT2D eigenvalue weighted by Crippen LogP contribution is -2.40. The van der Waals surface area contributed by atoms with Crippen molar-refractivity contribution in [3.63, 3.8) is 0 Å². The number of rotatable bonds is 9. The molecule has 2 aromatic carbocycles. The van der Waals surface area contributed by atoms with Crippen LogP contribution in [-0.2, 0) is 10.2 Å². The Labute approximate surface area is 262 Å². The predicted molar refractivity (Wildman–Crippen MR) is 164 cm³/mol. The third kappa shape index (κ3) is 4.84. The van der Waals surface area contributed by atoms with Crippen molar-refractivity contribution < 1.29 is 23.5 Å². The second-order valence-electron chi connectivity index (χ2n) is 12.1. The van der Waals surface area contributed by atoms with Crippen LogP contribution in [0.1, 0.15) is 66.2 Å². The highest BCUT2D eigenvalue weighted by Crippen LogP contribution is 2.50. The van der Waals surface area contributed by atoms with Gasteiger partial charge in [-0.05, 0) is 68.9 Å². The van der Waals surface area contributed by atoms with Crippen LogP contribution in [0.4, 0.5) is 4.39 Å². The van der Waals surface area contributed by atoms with Crippen LogP contribution in [-0.4, -0.2) is 46.8 Å². The fourth-order valence-electron chi connectivity index (χ4n) is 5.94. The van der Waals surface area contributed by atoms with Crippen molar-refractivity contribution in [3.8, 4) is 22.8 Å². The van der Waals surface area contributed by atoms with Crippen molar-refractivity contribution in [1.29, 1.82) is 0 Å². The quantitative estimate of drug-likeness (QED) is 0.219. The minimum absolute atomic E-state index is 0.0135. The molecule has 3 N–H and O–H groups in total. The number of nitrogens with zero attached hydrogens (tertiary/aromatic N) is 3. The summed E-state index contributed by atoms with van der Waals surface area (Å²) in [6.07, 6.45) is 6.06. The number of methoxy groups -OCH3 is 1. The molecule has 44 heavy (non-hydrogen) atoms. The fourth-order valence-corrected chi connectivity index (χ4v) is 6.35. The lowest BCUT2D eigenvalue weighted by Gasteiger charge is -2.22. The number of halogens is 3. The molecule has 2 fully saturated rings. The van der Waals surface area contributed by atoms with Crippen molar-refractivity contribution in [2.45, 2.75) is 50.0 Å². The molecular weight excluding hydrogens is 608 g/mol. The zero-order valence-electron chi connectivity index (χ0n) is 24.1. The number of nitrogens with one attached hydrogen (secondary N) is 1. The van der Waals surface area contributed by atoms with Gasteiger partial charge in [-0.3, -0.25) is 14.3 Å². The Morgan fingerprint density at radius 1 is 1.20 bits per heavy atom. The number of fused-ring (bicyclic) bond motifs is 2. The van der Waals surface area contributed by atoms with Crippen LogP contribution in [0.2, 0.25) is 10.0 Å². The first kappa shape index (κ1) is 28.9. The van der Waals surface area contributed by atoms with Crippen LogP contribution in [0.5, 0.6) is 11.5 Å². The molecule has 2 atom stereocenters. The molecule has 12 heteroatoms. The summed E-state index contributed by atoms with van der Waals surface area (Å²) in [5, 5.41) is 8.35. The van der Waals surface area contributed by atoms with E-state index in [-0.39, 0.29) is 34.4 Å². The van der Waals surface area contributed by atoms with Gasteiger partial charge in [0.05, 0.1) is 23.2 Å². The van der Waals surface area contributed by atoms with Crippen LogP contribution in [0.25, 0.3) is 22.2 Å². The smallest absolute Gasteiger partial charge is 0.251 e. The van der Waals surface area contributed by atoms with Gasteiger partial charge in [-0.15, -0.1) is 0 Å². The van der Waals surface area contributed by atoms with Crippen molar-refractivity contribution in [2.24, 2.45) is 11.7 Å². The number of pyridine rings is 1. The number of hydrogen-bond acceptors (Lipinski definition) is 6. The normalized spacial score (nSPS) is 19.8. The Morgan fingerprint density at radius 3 is 2.66 bits per heavy atom. The molecule has 4 aromatic rings. The van der Waals surface area contributed by atoms with Gasteiger partial charge in [-0.2, -0.15) is 5.10 Å². The predicted octanol–water partition coefficient (Wildman–Crippen LogP) is 5.95. The van der Waals surface area contributed by atoms with Gasteiger partial charge in [0, 0.05) is 46.4 Å². The van der Waals surface area contributed by atoms with Crippen molar-refractivity contribution in [1.82, 2.24) is 20.1 Å². The van der Waals surface area contributed by atoms with Crippen molar-refractivity contribution in [2.75, 3.05) is 20.3 Å². The molecular formula is C32H30Cl2FN5O4. The largest absolute Gasteiger partial charge is 0.494 e. The number of benzene rings is 2. The molecule has 2 aromatic heterocycles. The van der Waals surface area contributed by atoms with Crippen LogP contribution in [0, 0.1) is 11.7 Å². The number of carbonyl (C=O) groups is 2. The first-order chi connectivity index (χ1) is 21.1. The van der Waals surface area contributed by atoms with Crippen LogP contribution in [0.15, 0.2) is 36.5 Å². The highest BCUT2D eigenvalue weighted by Gasteiger charge is 2.45. The van der Waals surface area contributed by atoms with Gasteiger partial charge in [0.25, 0.3) is 5.91 Å². The molecule has 0 radical (unpaired) electrons. The molecule has 0 saturated heterocycles. The van der Waals surface area contributed by atoms with E-state index < -0.39 is 17.1 Å². The highest BCUT2D eigenvalue weighted by molar-refractivity contribution is 6.43. The standard InChI is InChI=1S/C32H30Cl2FN5O4/c1-32(31(36)42)14-44-29-21(32)11-23(38-28(29)19-7-8-22(35)26(34)25(19)33)20(15-3-4-15)12-37-30(41)16-9-17-13-40(18-5-6-18)39-27(17)24(10-16)43-2/h7-11,13,15,18,20H,3-6,12,14H2,1-2H3,(H2,36,42)(H,37,41)/t20-,32-/m0/s1. The van der Waals surface area contributed by atoms with Gasteiger partial charge >= 0.3 is 0 Å². The Hall–Kier alpha value is -3.89. The lowest BCUT2D eigenvalue weighted by molar-refractivity contribution is -0.123. The van der Waals surface area contributed by atoms with Gasteiger partial charge in [0.2, 0.25) is 5.91 Å². The SMILES string of the molecule is COc1cc(C(=O)NC[C@H](c2cc3c(c(-c4ccc(F)c(Cl)c4Cl)n2)OC[C@]3(C)C(N)=O)C2CC2)cc2cn(C3CC3)nc12. The molecule has 0 bridgehead atoms. The number of primary amides is 1. The maximum Gasteiger partial charge on any atom is 0.251 e. The lowest BCUT2D eigenvalue weighted by atomic mass is 9.82. The zero-order valence-corrected chi connectivity index (χ0v) is 25.6. The summed E-state index contributed by atoms with van der Waals surface area (Å²) in [6.45, 7) is 2.04. The molecule has 2 amide bonds. The molecule has 7 rings (SSSR count). The summed E-state index contributed by atoms with van der Waals surface area (Å²) in [7, 11) is 1.57. The van der Waals surface area contributed by atoms with Crippen molar-refractivity contribution in [3.05, 3.63) is 69.2 Å². The zero-order chi connectivity index (χ0) is 30.9. The Bertz CT molecular complexity index is 1850. The number of nitrogens with two attached hydrogens (primary N) is 1. The minimum Gasteiger partial charge on any atom is -0.494 e. The molecule has 2 saturated carbocycles. The van der Waals surface area contributed by atoms with Gasteiger partial charge in [-0.1, -0.05) is 23.2 Å². The van der Waals surface area contributed by atoms with E-state index >= 15 is 0 Å². The van der Waals surface area contributed by atoms with E-state index in [1.807, 2.05) is 23.0 Å². The van der Waals surface area contributed by atoms with E-state index in [2.05, 4.69) is 10.4 Å². The Morgan fingerprint density at radius 2 is 1.98 bits per heavy atom. The van der Waals surface area contributed by atoms with Crippen LogP contribution >= 0.6 is 23.2 Å². The summed E-state index contributed by atoms with van der Waals surface area (Å²) in [4.78, 5) is 31.1.